The van der Waals surface area contributed by atoms with Crippen LogP contribution in [-0.4, -0.2) is 40.8 Å². The first-order valence-electron chi connectivity index (χ1n) is 9.39. The number of hydrogen-bond acceptors (Lipinski definition) is 4. The van der Waals surface area contributed by atoms with Crippen LogP contribution in [0.4, 0.5) is 11.5 Å². The second-order valence-corrected chi connectivity index (χ2v) is 7.04. The van der Waals surface area contributed by atoms with E-state index in [9.17, 15) is 9.59 Å². The number of anilines is 2. The van der Waals surface area contributed by atoms with Gasteiger partial charge in [-0.05, 0) is 43.2 Å². The normalized spacial score (nSPS) is 17.3. The fraction of sp³-hybridized carbons (Fsp3) is 0.381. The lowest BCUT2D eigenvalue weighted by Crippen LogP contribution is -2.58. The Morgan fingerprint density at radius 1 is 1.30 bits per heavy atom. The number of pyridine rings is 1. The molecule has 0 unspecified atom stereocenters. The van der Waals surface area contributed by atoms with Gasteiger partial charge in [-0.2, -0.15) is 0 Å². The zero-order valence-electron chi connectivity index (χ0n) is 15.9. The molecule has 1 aliphatic rings. The van der Waals surface area contributed by atoms with E-state index in [-0.39, 0.29) is 24.4 Å². The molecular formula is C21H26N4O2. The summed E-state index contributed by atoms with van der Waals surface area (Å²) in [7, 11) is 0. The number of carbonyl (C=O) groups is 2. The van der Waals surface area contributed by atoms with Gasteiger partial charge in [-0.25, -0.2) is 4.98 Å². The second-order valence-electron chi connectivity index (χ2n) is 7.04. The molecule has 6 heteroatoms. The molecule has 6 nitrogen and oxygen atoms in total. The van der Waals surface area contributed by atoms with E-state index in [4.69, 9.17) is 5.73 Å². The molecule has 1 aliphatic heterocycles. The summed E-state index contributed by atoms with van der Waals surface area (Å²) in [5.41, 5.74) is 8.08. The van der Waals surface area contributed by atoms with E-state index in [0.717, 1.165) is 30.5 Å². The lowest BCUT2D eigenvalue weighted by atomic mass is 10.0. The van der Waals surface area contributed by atoms with Gasteiger partial charge in [0.05, 0.1) is 11.6 Å². The van der Waals surface area contributed by atoms with Gasteiger partial charge in [0.25, 0.3) is 5.91 Å². The van der Waals surface area contributed by atoms with Crippen molar-refractivity contribution in [2.45, 2.75) is 39.2 Å². The van der Waals surface area contributed by atoms with Crippen molar-refractivity contribution in [3.63, 3.8) is 0 Å². The topological polar surface area (TPSA) is 79.5 Å². The van der Waals surface area contributed by atoms with Gasteiger partial charge in [-0.1, -0.05) is 31.9 Å². The predicted octanol–water partition coefficient (Wildman–Crippen LogP) is 3.02. The fourth-order valence-corrected chi connectivity index (χ4v) is 3.44. The quantitative estimate of drug-likeness (QED) is 0.882. The van der Waals surface area contributed by atoms with E-state index in [1.165, 1.54) is 6.20 Å². The fourth-order valence-electron chi connectivity index (χ4n) is 3.44. The van der Waals surface area contributed by atoms with Crippen LogP contribution in [0.15, 0.2) is 42.6 Å². The molecule has 0 radical (unpaired) electrons. The number of carbonyl (C=O) groups excluding carboxylic acids is 2. The first-order chi connectivity index (χ1) is 13.0. The van der Waals surface area contributed by atoms with E-state index < -0.39 is 0 Å². The third-order valence-corrected chi connectivity index (χ3v) is 4.94. The number of hydrogen-bond donors (Lipinski definition) is 1. The third-order valence-electron chi connectivity index (χ3n) is 4.94. The highest BCUT2D eigenvalue weighted by molar-refractivity contribution is 6.02. The molecule has 1 aromatic carbocycles. The molecule has 0 spiro atoms. The maximum Gasteiger partial charge on any atom is 0.256 e. The average Bonchev–Trinajstić information content (AvgIpc) is 2.67. The van der Waals surface area contributed by atoms with Crippen molar-refractivity contribution in [3.8, 4) is 0 Å². The number of piperazine rings is 1. The molecule has 0 bridgehead atoms. The van der Waals surface area contributed by atoms with Crippen molar-refractivity contribution in [1.82, 2.24) is 9.88 Å². The molecule has 0 saturated carbocycles. The summed E-state index contributed by atoms with van der Waals surface area (Å²) in [6, 6.07) is 11.2. The maximum atomic E-state index is 13.0. The number of nitrogens with two attached hydrogens (primary N) is 1. The van der Waals surface area contributed by atoms with E-state index in [1.807, 2.05) is 31.2 Å². The summed E-state index contributed by atoms with van der Waals surface area (Å²) in [5, 5.41) is 0. The zero-order chi connectivity index (χ0) is 19.4. The Morgan fingerprint density at radius 2 is 2.11 bits per heavy atom. The Morgan fingerprint density at radius 3 is 2.78 bits per heavy atom. The molecule has 142 valence electrons. The van der Waals surface area contributed by atoms with Crippen LogP contribution in [0.1, 0.15) is 42.1 Å². The molecule has 2 N–H and O–H groups in total. The van der Waals surface area contributed by atoms with Gasteiger partial charge in [0.15, 0.2) is 0 Å². The van der Waals surface area contributed by atoms with Crippen molar-refractivity contribution in [3.05, 3.63) is 53.7 Å². The van der Waals surface area contributed by atoms with Gasteiger partial charge in [0.1, 0.15) is 12.4 Å². The number of amides is 2. The predicted molar refractivity (Wildman–Crippen MR) is 107 cm³/mol. The van der Waals surface area contributed by atoms with Crippen molar-refractivity contribution < 1.29 is 9.59 Å². The van der Waals surface area contributed by atoms with Crippen LogP contribution >= 0.6 is 0 Å². The van der Waals surface area contributed by atoms with Crippen molar-refractivity contribution >= 4 is 23.3 Å². The summed E-state index contributed by atoms with van der Waals surface area (Å²) in [6.45, 7) is 4.72. The largest absolute Gasteiger partial charge is 0.384 e. The summed E-state index contributed by atoms with van der Waals surface area (Å²) < 4.78 is 0. The highest BCUT2D eigenvalue weighted by Gasteiger charge is 2.35. The monoisotopic (exact) mass is 366 g/mol. The number of benzene rings is 1. The van der Waals surface area contributed by atoms with E-state index in [1.54, 1.807) is 21.9 Å². The molecule has 2 aromatic rings. The van der Waals surface area contributed by atoms with Crippen LogP contribution in [0.5, 0.6) is 0 Å². The Balaban J connectivity index is 1.85. The lowest BCUT2D eigenvalue weighted by molar-refractivity contribution is -0.121. The van der Waals surface area contributed by atoms with Crippen LogP contribution in [0.3, 0.4) is 0 Å². The van der Waals surface area contributed by atoms with Crippen LogP contribution in [0.25, 0.3) is 0 Å². The third kappa shape index (κ3) is 4.27. The number of nitrogen functional groups attached to an aromatic ring is 1. The molecule has 3 rings (SSSR count). The number of aromatic nitrogens is 1. The van der Waals surface area contributed by atoms with Gasteiger partial charge in [-0.15, -0.1) is 0 Å². The maximum absolute atomic E-state index is 13.0. The molecule has 2 amide bonds. The second kappa shape index (κ2) is 8.20. The van der Waals surface area contributed by atoms with Crippen LogP contribution in [-0.2, 0) is 4.79 Å². The molecular weight excluding hydrogens is 340 g/mol. The number of aryl methyl sites for hydroxylation is 1. The molecule has 2 heterocycles. The molecule has 0 aliphatic carbocycles. The molecule has 1 atom stereocenters. The van der Waals surface area contributed by atoms with Crippen LogP contribution < -0.4 is 10.6 Å². The smallest absolute Gasteiger partial charge is 0.256 e. The van der Waals surface area contributed by atoms with Crippen LogP contribution in [0, 0.1) is 6.92 Å². The van der Waals surface area contributed by atoms with Gasteiger partial charge < -0.3 is 15.5 Å². The minimum Gasteiger partial charge on any atom is -0.384 e. The first-order valence-corrected chi connectivity index (χ1v) is 9.39. The highest BCUT2D eigenvalue weighted by atomic mass is 16.2. The Kier molecular flexibility index (Phi) is 5.74. The van der Waals surface area contributed by atoms with Gasteiger partial charge in [0, 0.05) is 18.4 Å². The van der Waals surface area contributed by atoms with Crippen molar-refractivity contribution in [1.29, 1.82) is 0 Å². The SMILES string of the molecule is CCCC[C@@H]1CN(c2cccc(C)c2)C(=O)CN1C(=O)c1ccc(N)nc1. The van der Waals surface area contributed by atoms with Crippen molar-refractivity contribution in [2.75, 3.05) is 23.7 Å². The van der Waals surface area contributed by atoms with Gasteiger partial charge in [-0.3, -0.25) is 9.59 Å². The van der Waals surface area contributed by atoms with Crippen LogP contribution in [0.2, 0.25) is 0 Å². The molecule has 1 fully saturated rings. The standard InChI is InChI=1S/C21H26N4O2/c1-3-4-7-18-13-24(17-8-5-6-15(2)11-17)20(26)14-25(18)21(27)16-9-10-19(22)23-12-16/h5-6,8-12,18H,3-4,7,13-14H2,1-2H3,(H2,22,23)/t18-/m1/s1. The van der Waals surface area contributed by atoms with Crippen molar-refractivity contribution in [2.24, 2.45) is 0 Å². The average molecular weight is 366 g/mol. The minimum atomic E-state index is -0.166. The highest BCUT2D eigenvalue weighted by Crippen LogP contribution is 2.25. The van der Waals surface area contributed by atoms with Gasteiger partial charge in [0.2, 0.25) is 5.91 Å². The minimum absolute atomic E-state index is 0.0202. The molecule has 1 saturated heterocycles. The molecule has 1 aromatic heterocycles. The Bertz CT molecular complexity index is 819. The Hall–Kier alpha value is -2.89. The van der Waals surface area contributed by atoms with E-state index in [2.05, 4.69) is 11.9 Å². The summed E-state index contributed by atoms with van der Waals surface area (Å²) in [6.07, 6.45) is 4.39. The first kappa shape index (κ1) is 18.9. The number of nitrogens with zero attached hydrogens (tertiary/aromatic N) is 3. The number of unbranched alkanes of at least 4 members (excludes halogenated alkanes) is 1. The zero-order valence-corrected chi connectivity index (χ0v) is 15.9. The lowest BCUT2D eigenvalue weighted by Gasteiger charge is -2.41. The molecule has 27 heavy (non-hydrogen) atoms. The van der Waals surface area contributed by atoms with E-state index >= 15 is 0 Å². The van der Waals surface area contributed by atoms with Gasteiger partial charge >= 0.3 is 0 Å². The summed E-state index contributed by atoms with van der Waals surface area (Å²) >= 11 is 0. The number of rotatable bonds is 5. The summed E-state index contributed by atoms with van der Waals surface area (Å²) in [4.78, 5) is 33.3. The Labute approximate surface area is 160 Å². The summed E-state index contributed by atoms with van der Waals surface area (Å²) in [5.74, 6) is 0.139. The van der Waals surface area contributed by atoms with E-state index in [0.29, 0.717) is 17.9 Å².